The molecule has 0 fully saturated rings. The highest BCUT2D eigenvalue weighted by Crippen LogP contribution is 2.23. The van der Waals surface area contributed by atoms with Gasteiger partial charge >= 0.3 is 5.97 Å². The lowest BCUT2D eigenvalue weighted by Gasteiger charge is -2.05. The van der Waals surface area contributed by atoms with Crippen molar-refractivity contribution in [3.8, 4) is 0 Å². The molecule has 0 radical (unpaired) electrons. The second kappa shape index (κ2) is 6.72. The molecule has 0 spiro atoms. The monoisotopic (exact) mass is 283 g/mol. The van der Waals surface area contributed by atoms with Crippen LogP contribution in [-0.2, 0) is 9.53 Å². The molecule has 0 atom stereocenters. The topological polar surface area (TPSA) is 117 Å². The van der Waals surface area contributed by atoms with Crippen LogP contribution in [0.3, 0.4) is 0 Å². The SMILES string of the molecule is Cc1nc(NC(=O)CN=[N+]=[N-])sc1C(=O)OC(C)C. The highest BCUT2D eigenvalue weighted by molar-refractivity contribution is 7.17. The summed E-state index contributed by atoms with van der Waals surface area (Å²) in [5.41, 5.74) is 8.57. The summed E-state index contributed by atoms with van der Waals surface area (Å²) in [5.74, 6) is -0.962. The number of nitrogens with zero attached hydrogens (tertiary/aromatic N) is 4. The minimum atomic E-state index is -0.490. The quantitative estimate of drug-likeness (QED) is 0.386. The van der Waals surface area contributed by atoms with E-state index in [4.69, 9.17) is 10.3 Å². The molecule has 1 heterocycles. The second-order valence-electron chi connectivity index (χ2n) is 3.82. The zero-order chi connectivity index (χ0) is 14.4. The van der Waals surface area contributed by atoms with Gasteiger partial charge in [-0.1, -0.05) is 16.5 Å². The molecule has 19 heavy (non-hydrogen) atoms. The van der Waals surface area contributed by atoms with Crippen LogP contribution in [0.2, 0.25) is 0 Å². The van der Waals surface area contributed by atoms with Crippen LogP contribution in [-0.4, -0.2) is 29.5 Å². The van der Waals surface area contributed by atoms with E-state index >= 15 is 0 Å². The smallest absolute Gasteiger partial charge is 0.350 e. The van der Waals surface area contributed by atoms with E-state index in [2.05, 4.69) is 20.3 Å². The summed E-state index contributed by atoms with van der Waals surface area (Å²) < 4.78 is 5.05. The molecular formula is C10H13N5O3S. The number of rotatable bonds is 5. The first-order valence-electron chi connectivity index (χ1n) is 5.43. The fourth-order valence-electron chi connectivity index (χ4n) is 1.16. The maximum absolute atomic E-state index is 11.7. The molecule has 1 aromatic heterocycles. The van der Waals surface area contributed by atoms with Gasteiger partial charge in [0.05, 0.1) is 11.8 Å². The third kappa shape index (κ3) is 4.57. The molecule has 0 aliphatic heterocycles. The summed E-state index contributed by atoms with van der Waals surface area (Å²) in [7, 11) is 0. The standard InChI is InChI=1S/C10H13N5O3S/c1-5(2)18-9(17)8-6(3)13-10(19-8)14-7(16)4-12-15-11/h5H,4H2,1-3H3,(H,13,14,16). The van der Waals surface area contributed by atoms with Crippen molar-refractivity contribution in [2.75, 3.05) is 11.9 Å². The van der Waals surface area contributed by atoms with Gasteiger partial charge in [-0.25, -0.2) is 9.78 Å². The van der Waals surface area contributed by atoms with Gasteiger partial charge in [-0.15, -0.1) is 0 Å². The van der Waals surface area contributed by atoms with Crippen LogP contribution in [0.1, 0.15) is 29.2 Å². The van der Waals surface area contributed by atoms with E-state index < -0.39 is 11.9 Å². The van der Waals surface area contributed by atoms with Crippen LogP contribution in [0.15, 0.2) is 5.11 Å². The minimum absolute atomic E-state index is 0.225. The Kier molecular flexibility index (Phi) is 5.28. The number of azide groups is 1. The van der Waals surface area contributed by atoms with Gasteiger partial charge in [0.2, 0.25) is 5.91 Å². The van der Waals surface area contributed by atoms with Gasteiger partial charge < -0.3 is 10.1 Å². The lowest BCUT2D eigenvalue weighted by Crippen LogP contribution is -2.14. The largest absolute Gasteiger partial charge is 0.459 e. The first-order chi connectivity index (χ1) is 8.93. The van der Waals surface area contributed by atoms with Crippen molar-refractivity contribution >= 4 is 28.3 Å². The number of esters is 1. The first kappa shape index (κ1) is 14.9. The molecule has 1 N–H and O–H groups in total. The van der Waals surface area contributed by atoms with E-state index in [1.165, 1.54) is 0 Å². The molecule has 0 aliphatic carbocycles. The lowest BCUT2D eigenvalue weighted by molar-refractivity contribution is -0.114. The van der Waals surface area contributed by atoms with Gasteiger partial charge in [-0.3, -0.25) is 4.79 Å². The number of thiazole rings is 1. The second-order valence-corrected chi connectivity index (χ2v) is 4.82. The maximum atomic E-state index is 11.7. The fourth-order valence-corrected chi connectivity index (χ4v) is 2.03. The molecule has 9 heteroatoms. The number of carbonyl (C=O) groups excluding carboxylic acids is 2. The highest BCUT2D eigenvalue weighted by atomic mass is 32.1. The minimum Gasteiger partial charge on any atom is -0.459 e. The first-order valence-corrected chi connectivity index (χ1v) is 6.24. The summed E-state index contributed by atoms with van der Waals surface area (Å²) in [6.07, 6.45) is -0.225. The normalized spacial score (nSPS) is 9.89. The Morgan fingerprint density at radius 3 is 2.84 bits per heavy atom. The number of carbonyl (C=O) groups is 2. The Hall–Kier alpha value is -2.12. The average Bonchev–Trinajstić information content (AvgIpc) is 2.66. The molecule has 1 rings (SSSR count). The summed E-state index contributed by atoms with van der Waals surface area (Å²) in [6, 6.07) is 0. The average molecular weight is 283 g/mol. The predicted molar refractivity (Wildman–Crippen MR) is 70.0 cm³/mol. The molecule has 0 aliphatic rings. The number of hydrogen-bond donors (Lipinski definition) is 1. The Balaban J connectivity index is 2.76. The zero-order valence-corrected chi connectivity index (χ0v) is 11.5. The third-order valence-corrected chi connectivity index (χ3v) is 2.90. The van der Waals surface area contributed by atoms with E-state index in [9.17, 15) is 9.59 Å². The molecule has 0 bridgehead atoms. The van der Waals surface area contributed by atoms with E-state index in [1.54, 1.807) is 20.8 Å². The van der Waals surface area contributed by atoms with E-state index in [0.29, 0.717) is 10.6 Å². The van der Waals surface area contributed by atoms with Crippen molar-refractivity contribution in [3.05, 3.63) is 21.0 Å². The van der Waals surface area contributed by atoms with Crippen molar-refractivity contribution in [1.29, 1.82) is 0 Å². The number of hydrogen-bond acceptors (Lipinski definition) is 6. The van der Waals surface area contributed by atoms with Gasteiger partial charge in [0, 0.05) is 4.91 Å². The number of nitrogens with one attached hydrogen (secondary N) is 1. The van der Waals surface area contributed by atoms with Gasteiger partial charge in [0.15, 0.2) is 5.13 Å². The molecule has 0 saturated carbocycles. The van der Waals surface area contributed by atoms with Crippen LogP contribution in [0.5, 0.6) is 0 Å². The molecule has 1 aromatic rings. The molecular weight excluding hydrogens is 270 g/mol. The van der Waals surface area contributed by atoms with Gasteiger partial charge in [0.1, 0.15) is 11.4 Å². The van der Waals surface area contributed by atoms with E-state index in [-0.39, 0.29) is 17.8 Å². The Bertz CT molecular complexity index is 533. The molecule has 0 aromatic carbocycles. The van der Waals surface area contributed by atoms with Crippen molar-refractivity contribution in [3.63, 3.8) is 0 Å². The molecule has 0 unspecified atom stereocenters. The predicted octanol–water partition coefficient (Wildman–Crippen LogP) is 2.27. The highest BCUT2D eigenvalue weighted by Gasteiger charge is 2.18. The van der Waals surface area contributed by atoms with Crippen LogP contribution in [0.4, 0.5) is 5.13 Å². The van der Waals surface area contributed by atoms with Crippen molar-refractivity contribution in [2.24, 2.45) is 5.11 Å². The van der Waals surface area contributed by atoms with E-state index in [0.717, 1.165) is 11.3 Å². The molecule has 102 valence electrons. The summed E-state index contributed by atoms with van der Waals surface area (Å²) in [5, 5.41) is 5.84. The Morgan fingerprint density at radius 1 is 1.58 bits per heavy atom. The zero-order valence-electron chi connectivity index (χ0n) is 10.7. The van der Waals surface area contributed by atoms with Crippen molar-refractivity contribution in [2.45, 2.75) is 26.9 Å². The maximum Gasteiger partial charge on any atom is 0.350 e. The Labute approximate surface area is 113 Å². The van der Waals surface area contributed by atoms with Crippen molar-refractivity contribution in [1.82, 2.24) is 4.98 Å². The lowest BCUT2D eigenvalue weighted by atomic mass is 10.4. The van der Waals surface area contributed by atoms with Crippen LogP contribution in [0, 0.1) is 6.92 Å². The number of aromatic nitrogens is 1. The molecule has 0 saturated heterocycles. The summed E-state index contributed by atoms with van der Waals surface area (Å²) in [6.45, 7) is 4.82. The number of amides is 1. The number of anilines is 1. The number of aryl methyl sites for hydroxylation is 1. The summed E-state index contributed by atoms with van der Waals surface area (Å²) >= 11 is 1.02. The van der Waals surface area contributed by atoms with E-state index in [1.807, 2.05) is 0 Å². The summed E-state index contributed by atoms with van der Waals surface area (Å²) in [4.78, 5) is 29.9. The van der Waals surface area contributed by atoms with Crippen LogP contribution < -0.4 is 5.32 Å². The van der Waals surface area contributed by atoms with Gasteiger partial charge in [-0.05, 0) is 26.3 Å². The molecule has 8 nitrogen and oxygen atoms in total. The number of ether oxygens (including phenoxy) is 1. The third-order valence-electron chi connectivity index (χ3n) is 1.85. The van der Waals surface area contributed by atoms with Crippen molar-refractivity contribution < 1.29 is 14.3 Å². The molecule has 1 amide bonds. The van der Waals surface area contributed by atoms with Gasteiger partial charge in [0.25, 0.3) is 0 Å². The van der Waals surface area contributed by atoms with Crippen LogP contribution in [0.25, 0.3) is 10.4 Å². The fraction of sp³-hybridized carbons (Fsp3) is 0.500. The van der Waals surface area contributed by atoms with Gasteiger partial charge in [-0.2, -0.15) is 0 Å². The Morgan fingerprint density at radius 2 is 2.26 bits per heavy atom. The van der Waals surface area contributed by atoms with Crippen LogP contribution >= 0.6 is 11.3 Å².